The summed E-state index contributed by atoms with van der Waals surface area (Å²) in [6, 6.07) is 22.9. The van der Waals surface area contributed by atoms with Gasteiger partial charge in [-0.2, -0.15) is 0 Å². The highest BCUT2D eigenvalue weighted by molar-refractivity contribution is 5.90. The molecule has 4 N–H and O–H groups in total. The number of hydrogen-bond acceptors (Lipinski definition) is 9. The summed E-state index contributed by atoms with van der Waals surface area (Å²) in [6.07, 6.45) is 3.58. The van der Waals surface area contributed by atoms with Crippen LogP contribution in [0.15, 0.2) is 72.8 Å². The molecule has 12 nitrogen and oxygen atoms in total. The van der Waals surface area contributed by atoms with Gasteiger partial charge in [0.1, 0.15) is 11.6 Å². The fraction of sp³-hybridized carbons (Fsp3) is 0.571. The maximum Gasteiger partial charge on any atom is 0.410 e. The van der Waals surface area contributed by atoms with Crippen LogP contribution in [0.1, 0.15) is 113 Å². The zero-order valence-corrected chi connectivity index (χ0v) is 37.1. The highest BCUT2D eigenvalue weighted by Crippen LogP contribution is 2.44. The first-order valence-corrected chi connectivity index (χ1v) is 22.1. The van der Waals surface area contributed by atoms with E-state index in [4.69, 9.17) is 9.47 Å². The topological polar surface area (TPSA) is 152 Å². The van der Waals surface area contributed by atoms with Crippen molar-refractivity contribution < 1.29 is 39.2 Å². The summed E-state index contributed by atoms with van der Waals surface area (Å²) < 4.78 is 12.2. The summed E-state index contributed by atoms with van der Waals surface area (Å²) in [4.78, 5) is 47.4. The van der Waals surface area contributed by atoms with Crippen molar-refractivity contribution in [2.75, 3.05) is 39.3 Å². The molecule has 0 radical (unpaired) electrons. The Bertz CT molecular complexity index is 1810. The Balaban J connectivity index is 1.26. The number of aliphatic hydroxyl groups is 3. The smallest absolute Gasteiger partial charge is 0.410 e. The molecule has 0 bridgehead atoms. The molecule has 3 saturated heterocycles. The SMILES string of the molecule is CC(C)(C)OC(=O)N1CCC[C@H](CNC(=O)[C@H]2CCCN2C(=O)[C@@H]2C[C@@H](OC(C)(C)C)CN2CCC(c2ccc(CO)cc2)(c2ccc(CO)cc2)c2ccc(CO)cc2)C1. The zero-order valence-electron chi connectivity index (χ0n) is 37.1. The lowest BCUT2D eigenvalue weighted by Gasteiger charge is -2.39. The number of hydrogen-bond donors (Lipinski definition) is 4. The molecule has 332 valence electrons. The number of nitrogens with one attached hydrogen (secondary N) is 1. The fourth-order valence-electron chi connectivity index (χ4n) is 9.46. The first-order valence-electron chi connectivity index (χ1n) is 22.1. The van der Waals surface area contributed by atoms with Crippen molar-refractivity contribution >= 4 is 17.9 Å². The summed E-state index contributed by atoms with van der Waals surface area (Å²) in [5.41, 5.74) is 3.67. The Morgan fingerprint density at radius 1 is 0.689 bits per heavy atom. The summed E-state index contributed by atoms with van der Waals surface area (Å²) in [5.74, 6) is -0.129. The minimum absolute atomic E-state index is 0.0658. The quantitative estimate of drug-likeness (QED) is 0.146. The van der Waals surface area contributed by atoms with Crippen molar-refractivity contribution in [3.05, 3.63) is 106 Å². The van der Waals surface area contributed by atoms with Crippen LogP contribution in [0.3, 0.4) is 0 Å². The molecule has 3 amide bonds. The predicted molar refractivity (Wildman–Crippen MR) is 234 cm³/mol. The molecule has 3 aromatic rings. The van der Waals surface area contributed by atoms with E-state index >= 15 is 0 Å². The maximum absolute atomic E-state index is 14.9. The van der Waals surface area contributed by atoms with Crippen LogP contribution in [0, 0.1) is 5.92 Å². The van der Waals surface area contributed by atoms with Crippen molar-refractivity contribution in [3.63, 3.8) is 0 Å². The highest BCUT2D eigenvalue weighted by atomic mass is 16.6. The third-order valence-corrected chi connectivity index (χ3v) is 12.4. The van der Waals surface area contributed by atoms with Crippen molar-refractivity contribution in [2.45, 2.75) is 135 Å². The van der Waals surface area contributed by atoms with Gasteiger partial charge in [0.2, 0.25) is 11.8 Å². The van der Waals surface area contributed by atoms with Gasteiger partial charge < -0.3 is 39.9 Å². The zero-order chi connectivity index (χ0) is 44.0. The van der Waals surface area contributed by atoms with Crippen LogP contribution in [0.2, 0.25) is 0 Å². The standard InChI is InChI=1S/C49H68N4O8/c1-47(2,3)60-41-27-43(45(58)53-25-8-10-42(53)44(57)50-28-37-9-7-24-52(29-37)46(59)61-48(4,5)6)51(30-41)26-23-49(38-17-11-34(31-54)12-18-38,39-19-13-35(32-55)14-20-39)40-21-15-36(33-56)16-22-40/h11-22,37,41-43,54-56H,7-10,23-33H2,1-6H3,(H,50,57)/t37-,41-,42-,43+/m1/s1. The van der Waals surface area contributed by atoms with Gasteiger partial charge in [-0.1, -0.05) is 72.8 Å². The van der Waals surface area contributed by atoms with E-state index in [1.54, 1.807) is 9.80 Å². The van der Waals surface area contributed by atoms with Gasteiger partial charge in [0, 0.05) is 44.7 Å². The number of ether oxygens (including phenoxy) is 2. The maximum atomic E-state index is 14.9. The molecule has 3 aromatic carbocycles. The van der Waals surface area contributed by atoms with Crippen LogP contribution >= 0.6 is 0 Å². The Labute approximate surface area is 362 Å². The number of carbonyl (C=O) groups is 3. The summed E-state index contributed by atoms with van der Waals surface area (Å²) >= 11 is 0. The van der Waals surface area contributed by atoms with E-state index in [0.29, 0.717) is 58.5 Å². The van der Waals surface area contributed by atoms with Crippen molar-refractivity contribution in [3.8, 4) is 0 Å². The second kappa shape index (κ2) is 19.8. The number of amides is 3. The summed E-state index contributed by atoms with van der Waals surface area (Å²) in [6.45, 7) is 14.5. The number of piperidine rings is 1. The molecule has 0 unspecified atom stereocenters. The Morgan fingerprint density at radius 2 is 1.21 bits per heavy atom. The number of nitrogens with zero attached hydrogens (tertiary/aromatic N) is 3. The molecule has 61 heavy (non-hydrogen) atoms. The van der Waals surface area contributed by atoms with Gasteiger partial charge in [0.05, 0.1) is 37.6 Å². The molecule has 3 aliphatic rings. The van der Waals surface area contributed by atoms with Crippen molar-refractivity contribution in [1.29, 1.82) is 0 Å². The van der Waals surface area contributed by atoms with Crippen LogP contribution in [-0.2, 0) is 44.3 Å². The number of aliphatic hydroxyl groups excluding tert-OH is 3. The molecule has 6 rings (SSSR count). The van der Waals surface area contributed by atoms with Crippen molar-refractivity contribution in [2.24, 2.45) is 5.92 Å². The third-order valence-electron chi connectivity index (χ3n) is 12.4. The number of carbonyl (C=O) groups excluding carboxylic acids is 3. The molecule has 0 saturated carbocycles. The van der Waals surface area contributed by atoms with Gasteiger partial charge in [0.15, 0.2) is 0 Å². The number of likely N-dealkylation sites (tertiary alicyclic amines) is 3. The third kappa shape index (κ3) is 11.4. The lowest BCUT2D eigenvalue weighted by atomic mass is 9.67. The van der Waals surface area contributed by atoms with E-state index in [-0.39, 0.29) is 49.8 Å². The normalized spacial score (nSPS) is 21.5. The van der Waals surface area contributed by atoms with E-state index in [1.165, 1.54) is 0 Å². The lowest BCUT2D eigenvalue weighted by molar-refractivity contribution is -0.142. The largest absolute Gasteiger partial charge is 0.444 e. The van der Waals surface area contributed by atoms with Crippen LogP contribution in [-0.4, -0.2) is 117 Å². The highest BCUT2D eigenvalue weighted by Gasteiger charge is 2.46. The van der Waals surface area contributed by atoms with E-state index in [2.05, 4.69) is 46.6 Å². The van der Waals surface area contributed by atoms with Gasteiger partial charge in [-0.25, -0.2) is 4.79 Å². The second-order valence-electron chi connectivity index (χ2n) is 19.2. The average molecular weight is 841 g/mol. The molecule has 12 heteroatoms. The minimum Gasteiger partial charge on any atom is -0.444 e. The molecule has 0 spiro atoms. The van der Waals surface area contributed by atoms with Gasteiger partial charge >= 0.3 is 6.09 Å². The molecule has 0 aliphatic carbocycles. The van der Waals surface area contributed by atoms with Crippen LogP contribution < -0.4 is 5.32 Å². The van der Waals surface area contributed by atoms with Gasteiger partial charge in [-0.15, -0.1) is 0 Å². The van der Waals surface area contributed by atoms with Crippen LogP contribution in [0.4, 0.5) is 4.79 Å². The molecule has 4 atom stereocenters. The van der Waals surface area contributed by atoms with Crippen LogP contribution in [0.5, 0.6) is 0 Å². The fourth-order valence-corrected chi connectivity index (χ4v) is 9.46. The average Bonchev–Trinajstić information content (AvgIpc) is 3.90. The second-order valence-corrected chi connectivity index (χ2v) is 19.2. The summed E-state index contributed by atoms with van der Waals surface area (Å²) in [5, 5.41) is 33.0. The Kier molecular flexibility index (Phi) is 15.0. The van der Waals surface area contributed by atoms with E-state index < -0.39 is 28.7 Å². The lowest BCUT2D eigenvalue weighted by Crippen LogP contribution is -2.53. The molecule has 3 heterocycles. The molecular formula is C49H68N4O8. The van der Waals surface area contributed by atoms with Crippen molar-refractivity contribution in [1.82, 2.24) is 20.0 Å². The first-order chi connectivity index (χ1) is 29.0. The monoisotopic (exact) mass is 841 g/mol. The summed E-state index contributed by atoms with van der Waals surface area (Å²) in [7, 11) is 0. The minimum atomic E-state index is -0.721. The number of rotatable bonds is 14. The molecule has 0 aromatic heterocycles. The Morgan fingerprint density at radius 3 is 1.70 bits per heavy atom. The van der Waals surface area contributed by atoms with Gasteiger partial charge in [-0.3, -0.25) is 14.5 Å². The Hall–Kier alpha value is -4.33. The predicted octanol–water partition coefficient (Wildman–Crippen LogP) is 5.90. The molecule has 3 fully saturated rings. The molecule has 3 aliphatic heterocycles. The van der Waals surface area contributed by atoms with Gasteiger partial charge in [0.25, 0.3) is 0 Å². The van der Waals surface area contributed by atoms with Crippen LogP contribution in [0.25, 0.3) is 0 Å². The van der Waals surface area contributed by atoms with E-state index in [0.717, 1.165) is 52.6 Å². The van der Waals surface area contributed by atoms with Gasteiger partial charge in [-0.05, 0) is 119 Å². The molecular weight excluding hydrogens is 773 g/mol. The van der Waals surface area contributed by atoms with E-state index in [9.17, 15) is 29.7 Å². The van der Waals surface area contributed by atoms with E-state index in [1.807, 2.05) is 77.9 Å². The number of benzene rings is 3. The first kappa shape index (κ1) is 46.2.